The molecule has 0 aliphatic carbocycles. The number of hydrogen-bond donors (Lipinski definition) is 3. The molecule has 0 unspecified atom stereocenters. The summed E-state index contributed by atoms with van der Waals surface area (Å²) in [4.78, 5) is 24.1. The zero-order valence-corrected chi connectivity index (χ0v) is 12.0. The van der Waals surface area contributed by atoms with Crippen molar-refractivity contribution in [3.63, 3.8) is 0 Å². The van der Waals surface area contributed by atoms with Gasteiger partial charge in [0, 0.05) is 31.5 Å². The van der Waals surface area contributed by atoms with E-state index in [1.54, 1.807) is 29.2 Å². The number of benzene rings is 1. The predicted octanol–water partition coefficient (Wildman–Crippen LogP) is 2.02. The highest BCUT2D eigenvalue weighted by Crippen LogP contribution is 2.13. The van der Waals surface area contributed by atoms with Crippen molar-refractivity contribution in [2.75, 3.05) is 25.0 Å². The molecule has 6 nitrogen and oxygen atoms in total. The number of aliphatic hydroxyl groups is 1. The molecule has 0 heterocycles. The highest BCUT2D eigenvalue weighted by atomic mass is 16.4. The van der Waals surface area contributed by atoms with Gasteiger partial charge in [0.1, 0.15) is 0 Å². The van der Waals surface area contributed by atoms with Crippen LogP contribution in [-0.4, -0.2) is 46.8 Å². The quantitative estimate of drug-likeness (QED) is 0.671. The molecule has 0 saturated heterocycles. The van der Waals surface area contributed by atoms with Crippen molar-refractivity contribution in [3.8, 4) is 0 Å². The Kier molecular flexibility index (Phi) is 6.97. The molecule has 1 rings (SSSR count). The molecule has 114 valence electrons. The third kappa shape index (κ3) is 6.09. The summed E-state index contributed by atoms with van der Waals surface area (Å²) in [6.45, 7) is 2.93. The van der Waals surface area contributed by atoms with E-state index in [1.807, 2.05) is 6.92 Å². The predicted molar refractivity (Wildman–Crippen MR) is 81.1 cm³/mol. The molecule has 21 heavy (non-hydrogen) atoms. The maximum absolute atomic E-state index is 12.0. The van der Waals surface area contributed by atoms with E-state index in [4.69, 9.17) is 10.2 Å². The summed E-state index contributed by atoms with van der Waals surface area (Å²) in [5.41, 5.74) is 1.28. The second-order valence-electron chi connectivity index (χ2n) is 4.38. The number of urea groups is 1. The molecule has 0 aliphatic rings. The molecular weight excluding hydrogens is 272 g/mol. The average molecular weight is 292 g/mol. The van der Waals surface area contributed by atoms with Gasteiger partial charge in [0.15, 0.2) is 0 Å². The van der Waals surface area contributed by atoms with Crippen LogP contribution in [0.2, 0.25) is 0 Å². The van der Waals surface area contributed by atoms with Gasteiger partial charge in [-0.05, 0) is 37.1 Å². The number of amides is 2. The van der Waals surface area contributed by atoms with Crippen LogP contribution < -0.4 is 5.32 Å². The van der Waals surface area contributed by atoms with Gasteiger partial charge in [-0.15, -0.1) is 0 Å². The summed E-state index contributed by atoms with van der Waals surface area (Å²) >= 11 is 0. The Bertz CT molecular complexity index is 514. The second kappa shape index (κ2) is 8.76. The normalized spacial score (nSPS) is 10.6. The van der Waals surface area contributed by atoms with Crippen molar-refractivity contribution in [2.45, 2.75) is 13.3 Å². The molecule has 0 saturated carbocycles. The van der Waals surface area contributed by atoms with Crippen LogP contribution >= 0.6 is 0 Å². The summed E-state index contributed by atoms with van der Waals surface area (Å²) in [6.07, 6.45) is 3.03. The molecule has 3 N–H and O–H groups in total. The molecule has 0 radical (unpaired) electrons. The average Bonchev–Trinajstić information content (AvgIpc) is 2.46. The number of aliphatic hydroxyl groups excluding tert-OH is 1. The van der Waals surface area contributed by atoms with Crippen molar-refractivity contribution in [2.24, 2.45) is 0 Å². The topological polar surface area (TPSA) is 89.9 Å². The summed E-state index contributed by atoms with van der Waals surface area (Å²) in [5, 5.41) is 20.2. The summed E-state index contributed by atoms with van der Waals surface area (Å²) < 4.78 is 0. The van der Waals surface area contributed by atoms with E-state index in [-0.39, 0.29) is 12.6 Å². The molecule has 2 amide bonds. The fraction of sp³-hybridized carbons (Fsp3) is 0.333. The van der Waals surface area contributed by atoms with Gasteiger partial charge in [-0.3, -0.25) is 0 Å². The number of carbonyl (C=O) groups excluding carboxylic acids is 1. The first-order chi connectivity index (χ1) is 10.1. The van der Waals surface area contributed by atoms with E-state index in [1.165, 1.54) is 6.08 Å². The largest absolute Gasteiger partial charge is 0.478 e. The molecule has 0 spiro atoms. The Morgan fingerprint density at radius 3 is 2.76 bits per heavy atom. The van der Waals surface area contributed by atoms with Gasteiger partial charge >= 0.3 is 12.0 Å². The Hall–Kier alpha value is -2.34. The van der Waals surface area contributed by atoms with Crippen LogP contribution in [0, 0.1) is 0 Å². The van der Waals surface area contributed by atoms with Crippen LogP contribution in [-0.2, 0) is 4.79 Å². The molecule has 0 bridgehead atoms. The smallest absolute Gasteiger partial charge is 0.328 e. The lowest BCUT2D eigenvalue weighted by atomic mass is 10.2. The van der Waals surface area contributed by atoms with E-state index < -0.39 is 5.97 Å². The van der Waals surface area contributed by atoms with Crippen molar-refractivity contribution in [1.82, 2.24) is 4.90 Å². The molecule has 0 atom stereocenters. The monoisotopic (exact) mass is 292 g/mol. The van der Waals surface area contributed by atoms with E-state index in [2.05, 4.69) is 5.32 Å². The first-order valence-electron chi connectivity index (χ1n) is 6.74. The number of carboxylic acid groups (broad SMARTS) is 1. The highest BCUT2D eigenvalue weighted by Gasteiger charge is 2.10. The number of hydrogen-bond acceptors (Lipinski definition) is 3. The third-order valence-corrected chi connectivity index (χ3v) is 2.81. The lowest BCUT2D eigenvalue weighted by Crippen LogP contribution is -2.35. The molecule has 0 aliphatic heterocycles. The summed E-state index contributed by atoms with van der Waals surface area (Å²) in [7, 11) is 0. The number of nitrogens with zero attached hydrogens (tertiary/aromatic N) is 1. The van der Waals surface area contributed by atoms with E-state index in [0.29, 0.717) is 30.8 Å². The molecule has 0 fully saturated rings. The number of anilines is 1. The second-order valence-corrected chi connectivity index (χ2v) is 4.38. The van der Waals surface area contributed by atoms with Crippen LogP contribution in [0.4, 0.5) is 10.5 Å². The minimum Gasteiger partial charge on any atom is -0.478 e. The number of rotatable bonds is 7. The lowest BCUT2D eigenvalue weighted by Gasteiger charge is -2.21. The van der Waals surface area contributed by atoms with Gasteiger partial charge in [-0.1, -0.05) is 12.1 Å². The third-order valence-electron chi connectivity index (χ3n) is 2.81. The van der Waals surface area contributed by atoms with Crippen molar-refractivity contribution in [3.05, 3.63) is 35.9 Å². The highest BCUT2D eigenvalue weighted by molar-refractivity contribution is 5.90. The Morgan fingerprint density at radius 1 is 1.38 bits per heavy atom. The van der Waals surface area contributed by atoms with Gasteiger partial charge < -0.3 is 20.4 Å². The Labute approximate surface area is 123 Å². The first-order valence-corrected chi connectivity index (χ1v) is 6.74. The van der Waals surface area contributed by atoms with Crippen LogP contribution in [0.15, 0.2) is 30.3 Å². The van der Waals surface area contributed by atoms with Crippen LogP contribution in [0.3, 0.4) is 0 Å². The fourth-order valence-electron chi connectivity index (χ4n) is 1.75. The molecular formula is C15H20N2O4. The van der Waals surface area contributed by atoms with Gasteiger partial charge in [-0.2, -0.15) is 0 Å². The molecule has 6 heteroatoms. The number of aliphatic carboxylic acids is 1. The standard InChI is InChI=1S/C15H20N2O4/c1-2-17(9-4-10-18)15(21)16-13-6-3-5-12(11-13)7-8-14(19)20/h3,5-8,11,18H,2,4,9-10H2,1H3,(H,16,21)(H,19,20)/b8-7+. The minimum absolute atomic E-state index is 0.0409. The Balaban J connectivity index is 2.71. The van der Waals surface area contributed by atoms with Gasteiger partial charge in [0.25, 0.3) is 0 Å². The van der Waals surface area contributed by atoms with Crippen molar-refractivity contribution in [1.29, 1.82) is 0 Å². The van der Waals surface area contributed by atoms with E-state index >= 15 is 0 Å². The van der Waals surface area contributed by atoms with Gasteiger partial charge in [0.05, 0.1) is 0 Å². The van der Waals surface area contributed by atoms with E-state index in [9.17, 15) is 9.59 Å². The van der Waals surface area contributed by atoms with E-state index in [0.717, 1.165) is 6.08 Å². The zero-order chi connectivity index (χ0) is 15.7. The molecule has 1 aromatic rings. The van der Waals surface area contributed by atoms with Gasteiger partial charge in [0.2, 0.25) is 0 Å². The molecule has 0 aromatic heterocycles. The molecule has 1 aromatic carbocycles. The minimum atomic E-state index is -1.02. The summed E-state index contributed by atoms with van der Waals surface area (Å²) in [6, 6.07) is 6.66. The zero-order valence-electron chi connectivity index (χ0n) is 12.0. The maximum Gasteiger partial charge on any atom is 0.328 e. The fourth-order valence-corrected chi connectivity index (χ4v) is 1.75. The van der Waals surface area contributed by atoms with Crippen LogP contribution in [0.5, 0.6) is 0 Å². The Morgan fingerprint density at radius 2 is 2.14 bits per heavy atom. The number of carbonyl (C=O) groups is 2. The van der Waals surface area contributed by atoms with Gasteiger partial charge in [-0.25, -0.2) is 9.59 Å². The van der Waals surface area contributed by atoms with Crippen LogP contribution in [0.1, 0.15) is 18.9 Å². The number of nitrogens with one attached hydrogen (secondary N) is 1. The SMILES string of the molecule is CCN(CCCO)C(=O)Nc1cccc(/C=C/C(=O)O)c1. The maximum atomic E-state index is 12.0. The lowest BCUT2D eigenvalue weighted by molar-refractivity contribution is -0.131. The van der Waals surface area contributed by atoms with Crippen molar-refractivity contribution < 1.29 is 19.8 Å². The van der Waals surface area contributed by atoms with Crippen LogP contribution in [0.25, 0.3) is 6.08 Å². The summed E-state index contributed by atoms with van der Waals surface area (Å²) in [5.74, 6) is -1.02. The first kappa shape index (κ1) is 16.7. The number of carboxylic acids is 1. The van der Waals surface area contributed by atoms with Crippen molar-refractivity contribution >= 4 is 23.8 Å².